The molecule has 0 spiro atoms. The molecule has 0 rings (SSSR count). The average molecular weight is 891 g/mol. The Kier molecular flexibility index (Phi) is 43.1. The molecule has 1 amide bonds. The number of rotatable bonds is 46. The Morgan fingerprint density at radius 1 is 0.581 bits per heavy atom. The molecule has 0 radical (unpaired) electrons. The number of carbonyl (C=O) groups is 1. The number of aliphatic hydroxyl groups excluding tert-OH is 1. The van der Waals surface area contributed by atoms with Gasteiger partial charge in [0.05, 0.1) is 39.9 Å². The van der Waals surface area contributed by atoms with Gasteiger partial charge in [-0.1, -0.05) is 216 Å². The monoisotopic (exact) mass is 891 g/mol. The summed E-state index contributed by atoms with van der Waals surface area (Å²) in [5.41, 5.74) is 0. The summed E-state index contributed by atoms with van der Waals surface area (Å²) in [7, 11) is 1.30. The number of nitrogens with zero attached hydrogens (tertiary/aromatic N) is 1. The van der Waals surface area contributed by atoms with E-state index < -0.39 is 20.0 Å². The first-order valence-electron chi connectivity index (χ1n) is 25.6. The van der Waals surface area contributed by atoms with Crippen molar-refractivity contribution in [3.63, 3.8) is 0 Å². The highest BCUT2D eigenvalue weighted by atomic mass is 31.2. The van der Waals surface area contributed by atoms with Crippen molar-refractivity contribution in [2.24, 2.45) is 0 Å². The number of likely N-dealkylation sites (N-methyl/N-ethyl adjacent to an activating group) is 1. The molecule has 0 saturated carbocycles. The van der Waals surface area contributed by atoms with Crippen LogP contribution in [-0.2, 0) is 18.4 Å². The number of aliphatic hydroxyl groups is 1. The van der Waals surface area contributed by atoms with E-state index in [1.165, 1.54) is 122 Å². The van der Waals surface area contributed by atoms with Gasteiger partial charge in [0.2, 0.25) is 5.91 Å². The average Bonchev–Trinajstić information content (AvgIpc) is 3.23. The van der Waals surface area contributed by atoms with Crippen molar-refractivity contribution >= 4 is 13.7 Å². The maximum absolute atomic E-state index is 12.9. The van der Waals surface area contributed by atoms with Crippen molar-refractivity contribution in [1.29, 1.82) is 0 Å². The molecule has 0 aromatic heterocycles. The number of allylic oxidation sites excluding steroid dienone is 10. The van der Waals surface area contributed by atoms with Crippen LogP contribution >= 0.6 is 7.82 Å². The van der Waals surface area contributed by atoms with Gasteiger partial charge in [-0.05, 0) is 57.8 Å². The van der Waals surface area contributed by atoms with E-state index in [0.29, 0.717) is 23.9 Å². The van der Waals surface area contributed by atoms with Gasteiger partial charge in [-0.2, -0.15) is 0 Å². The lowest BCUT2D eigenvalue weighted by Gasteiger charge is -2.30. The first kappa shape index (κ1) is 60.2. The van der Waals surface area contributed by atoms with Gasteiger partial charge in [-0.3, -0.25) is 9.36 Å². The smallest absolute Gasteiger partial charge is 0.268 e. The van der Waals surface area contributed by atoms with E-state index in [-0.39, 0.29) is 19.1 Å². The Morgan fingerprint density at radius 3 is 1.44 bits per heavy atom. The van der Waals surface area contributed by atoms with Crippen molar-refractivity contribution in [1.82, 2.24) is 5.32 Å². The fourth-order valence-electron chi connectivity index (χ4n) is 7.24. The van der Waals surface area contributed by atoms with Crippen LogP contribution in [0.15, 0.2) is 60.8 Å². The summed E-state index contributed by atoms with van der Waals surface area (Å²) in [5.74, 6) is -0.170. The Labute approximate surface area is 383 Å². The molecule has 0 fully saturated rings. The highest BCUT2D eigenvalue weighted by Crippen LogP contribution is 2.38. The molecule has 62 heavy (non-hydrogen) atoms. The normalized spacial score (nSPS) is 14.6. The number of quaternary nitrogens is 1. The van der Waals surface area contributed by atoms with Gasteiger partial charge in [-0.15, -0.1) is 0 Å². The lowest BCUT2D eigenvalue weighted by Crippen LogP contribution is -2.46. The molecule has 3 unspecified atom stereocenters. The summed E-state index contributed by atoms with van der Waals surface area (Å²) in [5, 5.41) is 13.9. The van der Waals surface area contributed by atoms with Crippen molar-refractivity contribution < 1.29 is 32.9 Å². The standard InChI is InChI=1S/C53H99N2O6P/c1-6-8-10-12-14-16-18-20-21-22-23-24-25-26-27-28-29-30-31-32-33-35-37-39-41-43-45-47-53(57)54-51(50-61-62(58,59)60-49-48-55(3,4)5)52(56)46-44-42-40-38-36-34-19-17-15-13-11-9-7-2/h8,10,14,16,20-21,23-24,26-27,51-52,56H,6-7,9,11-13,15,17-19,22,25,28-50H2,1-5H3,(H-,54,57,58,59)/b10-8-,16-14-,21-20-,24-23-,27-26-. The number of nitrogens with one attached hydrogen (secondary N) is 1. The summed E-state index contributed by atoms with van der Waals surface area (Å²) in [6.07, 6.45) is 58.0. The zero-order valence-corrected chi connectivity index (χ0v) is 42.0. The van der Waals surface area contributed by atoms with E-state index in [4.69, 9.17) is 9.05 Å². The Morgan fingerprint density at radius 2 is 0.984 bits per heavy atom. The zero-order valence-electron chi connectivity index (χ0n) is 41.1. The number of phosphoric acid groups is 1. The van der Waals surface area contributed by atoms with Crippen LogP contribution in [0.1, 0.15) is 219 Å². The number of hydrogen-bond donors (Lipinski definition) is 2. The maximum atomic E-state index is 12.9. The molecule has 0 aromatic carbocycles. The minimum absolute atomic E-state index is 0.00972. The third-order valence-electron chi connectivity index (χ3n) is 11.3. The van der Waals surface area contributed by atoms with Gasteiger partial charge < -0.3 is 28.8 Å². The fourth-order valence-corrected chi connectivity index (χ4v) is 7.97. The molecular formula is C53H99N2O6P. The highest BCUT2D eigenvalue weighted by molar-refractivity contribution is 7.45. The van der Waals surface area contributed by atoms with Gasteiger partial charge in [0.1, 0.15) is 13.2 Å². The Bertz CT molecular complexity index is 1190. The van der Waals surface area contributed by atoms with Crippen molar-refractivity contribution in [2.75, 3.05) is 40.9 Å². The molecule has 0 aliphatic carbocycles. The van der Waals surface area contributed by atoms with E-state index in [1.807, 2.05) is 21.1 Å². The van der Waals surface area contributed by atoms with Crippen LogP contribution in [0.4, 0.5) is 0 Å². The third-order valence-corrected chi connectivity index (χ3v) is 12.2. The lowest BCUT2D eigenvalue weighted by atomic mass is 10.0. The van der Waals surface area contributed by atoms with Crippen LogP contribution in [-0.4, -0.2) is 68.5 Å². The Balaban J connectivity index is 4.18. The van der Waals surface area contributed by atoms with Gasteiger partial charge in [0.25, 0.3) is 7.82 Å². The van der Waals surface area contributed by atoms with E-state index in [1.54, 1.807) is 0 Å². The second-order valence-corrected chi connectivity index (χ2v) is 19.9. The second-order valence-electron chi connectivity index (χ2n) is 18.5. The van der Waals surface area contributed by atoms with E-state index >= 15 is 0 Å². The summed E-state index contributed by atoms with van der Waals surface area (Å²) in [6, 6.07) is -0.804. The second kappa shape index (κ2) is 44.4. The first-order chi connectivity index (χ1) is 30.0. The van der Waals surface area contributed by atoms with E-state index in [9.17, 15) is 19.4 Å². The molecular weight excluding hydrogens is 792 g/mol. The van der Waals surface area contributed by atoms with Crippen LogP contribution in [0, 0.1) is 0 Å². The SMILES string of the molecule is CC/C=C\C/C=C\C/C=C\C/C=C\C/C=C\CCCCCCCCCCCCCC(=O)NC(COP(=O)([O-])OCC[N+](C)(C)C)C(O)CCCCCCCCCCCCCCC. The number of hydrogen-bond acceptors (Lipinski definition) is 6. The van der Waals surface area contributed by atoms with Gasteiger partial charge in [0, 0.05) is 6.42 Å². The number of phosphoric ester groups is 1. The highest BCUT2D eigenvalue weighted by Gasteiger charge is 2.24. The fraction of sp³-hybridized carbons (Fsp3) is 0.792. The van der Waals surface area contributed by atoms with Crippen LogP contribution in [0.3, 0.4) is 0 Å². The molecule has 0 aromatic rings. The summed E-state index contributed by atoms with van der Waals surface area (Å²) >= 11 is 0. The van der Waals surface area contributed by atoms with E-state index in [2.05, 4.69) is 79.9 Å². The molecule has 0 heterocycles. The van der Waals surface area contributed by atoms with Gasteiger partial charge >= 0.3 is 0 Å². The van der Waals surface area contributed by atoms with Crippen LogP contribution in [0.5, 0.6) is 0 Å². The Hall–Kier alpha value is -1.80. The van der Waals surface area contributed by atoms with Crippen molar-refractivity contribution in [3.8, 4) is 0 Å². The topological polar surface area (TPSA) is 108 Å². The predicted molar refractivity (Wildman–Crippen MR) is 265 cm³/mol. The molecule has 2 N–H and O–H groups in total. The summed E-state index contributed by atoms with van der Waals surface area (Å²) in [4.78, 5) is 25.4. The number of carbonyl (C=O) groups excluding carboxylic acids is 1. The minimum atomic E-state index is -4.57. The van der Waals surface area contributed by atoms with Crippen molar-refractivity contribution in [2.45, 2.75) is 231 Å². The molecule has 8 nitrogen and oxygen atoms in total. The summed E-state index contributed by atoms with van der Waals surface area (Å²) in [6.45, 7) is 4.60. The zero-order chi connectivity index (χ0) is 45.7. The minimum Gasteiger partial charge on any atom is -0.756 e. The first-order valence-corrected chi connectivity index (χ1v) is 27.1. The third kappa shape index (κ3) is 46.2. The van der Waals surface area contributed by atoms with Crippen LogP contribution in [0.2, 0.25) is 0 Å². The van der Waals surface area contributed by atoms with Crippen molar-refractivity contribution in [3.05, 3.63) is 60.8 Å². The molecule has 362 valence electrons. The predicted octanol–water partition coefficient (Wildman–Crippen LogP) is 14.3. The van der Waals surface area contributed by atoms with E-state index in [0.717, 1.165) is 70.6 Å². The lowest BCUT2D eigenvalue weighted by molar-refractivity contribution is -0.870. The number of unbranched alkanes of at least 4 members (excludes halogenated alkanes) is 23. The molecule has 0 bridgehead atoms. The molecule has 0 saturated heterocycles. The maximum Gasteiger partial charge on any atom is 0.268 e. The molecule has 0 aliphatic heterocycles. The molecule has 0 aliphatic rings. The quantitative estimate of drug-likeness (QED) is 0.0273. The molecule has 9 heteroatoms. The van der Waals surface area contributed by atoms with Gasteiger partial charge in [-0.25, -0.2) is 0 Å². The van der Waals surface area contributed by atoms with Crippen LogP contribution < -0.4 is 10.2 Å². The van der Waals surface area contributed by atoms with Gasteiger partial charge in [0.15, 0.2) is 0 Å². The molecule has 3 atom stereocenters. The summed E-state index contributed by atoms with van der Waals surface area (Å²) < 4.78 is 23.3. The van der Waals surface area contributed by atoms with Crippen LogP contribution in [0.25, 0.3) is 0 Å². The largest absolute Gasteiger partial charge is 0.756 e. The number of amides is 1.